The quantitative estimate of drug-likeness (QED) is 0.665. The zero-order valence-corrected chi connectivity index (χ0v) is 12.1. The summed E-state index contributed by atoms with van der Waals surface area (Å²) in [5.41, 5.74) is 0.684. The molecule has 7 nitrogen and oxygen atoms in total. The Morgan fingerprint density at radius 3 is 1.95 bits per heavy atom. The summed E-state index contributed by atoms with van der Waals surface area (Å²) in [6.07, 6.45) is 0. The van der Waals surface area contributed by atoms with E-state index < -0.39 is 9.85 Å². The largest absolute Gasteiger partial charge is 0.367 e. The lowest BCUT2D eigenvalue weighted by atomic mass is 10.1. The fourth-order valence-corrected chi connectivity index (χ4v) is 2.23. The molecule has 1 atom stereocenters. The van der Waals surface area contributed by atoms with Gasteiger partial charge in [-0.15, -0.1) is 0 Å². The fourth-order valence-electron chi connectivity index (χ4n) is 2.23. The van der Waals surface area contributed by atoms with Gasteiger partial charge in [-0.25, -0.2) is 0 Å². The van der Waals surface area contributed by atoms with Crippen LogP contribution in [0.5, 0.6) is 0 Å². The van der Waals surface area contributed by atoms with E-state index in [-0.39, 0.29) is 23.1 Å². The van der Waals surface area contributed by atoms with Crippen LogP contribution in [0, 0.1) is 27.2 Å². The van der Waals surface area contributed by atoms with Gasteiger partial charge in [0, 0.05) is 18.2 Å². The molecule has 0 amide bonds. The van der Waals surface area contributed by atoms with E-state index in [0.29, 0.717) is 5.56 Å². The van der Waals surface area contributed by atoms with Crippen LogP contribution in [0.15, 0.2) is 42.5 Å². The highest BCUT2D eigenvalue weighted by Gasteiger charge is 2.27. The minimum Gasteiger partial charge on any atom is -0.367 e. The summed E-state index contributed by atoms with van der Waals surface area (Å²) in [6.45, 7) is 3.38. The molecule has 2 rings (SSSR count). The molecule has 0 saturated carbocycles. The average Bonchev–Trinajstić information content (AvgIpc) is 2.48. The molecule has 0 heterocycles. The van der Waals surface area contributed by atoms with Gasteiger partial charge in [0.1, 0.15) is 0 Å². The highest BCUT2D eigenvalue weighted by atomic mass is 16.6. The van der Waals surface area contributed by atoms with Gasteiger partial charge in [-0.3, -0.25) is 20.2 Å². The van der Waals surface area contributed by atoms with Gasteiger partial charge < -0.3 is 5.32 Å². The molecule has 2 aromatic rings. The molecule has 0 spiro atoms. The summed E-state index contributed by atoms with van der Waals surface area (Å²) in [7, 11) is 0. The molecule has 0 unspecified atom stereocenters. The van der Waals surface area contributed by atoms with Crippen molar-refractivity contribution in [2.24, 2.45) is 0 Å². The Morgan fingerprint density at radius 2 is 1.50 bits per heavy atom. The van der Waals surface area contributed by atoms with E-state index in [4.69, 9.17) is 0 Å². The molecule has 22 heavy (non-hydrogen) atoms. The van der Waals surface area contributed by atoms with Crippen molar-refractivity contribution in [3.05, 3.63) is 73.8 Å². The zero-order valence-electron chi connectivity index (χ0n) is 12.1. The van der Waals surface area contributed by atoms with Gasteiger partial charge in [-0.1, -0.05) is 30.3 Å². The number of aryl methyl sites for hydroxylation is 1. The monoisotopic (exact) mass is 301 g/mol. The minimum absolute atomic E-state index is 0.0723. The number of nitro groups is 2. The molecule has 0 fully saturated rings. The second-order valence-corrected chi connectivity index (χ2v) is 4.97. The van der Waals surface area contributed by atoms with Crippen molar-refractivity contribution in [3.63, 3.8) is 0 Å². The van der Waals surface area contributed by atoms with Crippen LogP contribution in [0.4, 0.5) is 17.1 Å². The predicted octanol–water partition coefficient (Wildman–Crippen LogP) is 3.98. The van der Waals surface area contributed by atoms with Gasteiger partial charge in [0.05, 0.1) is 9.85 Å². The van der Waals surface area contributed by atoms with E-state index in [2.05, 4.69) is 5.32 Å². The predicted molar refractivity (Wildman–Crippen MR) is 83.0 cm³/mol. The van der Waals surface area contributed by atoms with Gasteiger partial charge >= 0.3 is 0 Å². The standard InChI is InChI=1S/C15H15N3O4/c1-10-8-13(17(19)20)15(14(9-10)18(21)22)16-11(2)12-6-4-3-5-7-12/h3-9,11,16H,1-2H3/t11-/m1/s1. The van der Waals surface area contributed by atoms with E-state index in [9.17, 15) is 20.2 Å². The second-order valence-electron chi connectivity index (χ2n) is 4.97. The smallest absolute Gasteiger partial charge is 0.299 e. The van der Waals surface area contributed by atoms with E-state index in [1.165, 1.54) is 12.1 Å². The number of hydrogen-bond donors (Lipinski definition) is 1. The van der Waals surface area contributed by atoms with Crippen molar-refractivity contribution >= 4 is 17.1 Å². The molecular weight excluding hydrogens is 286 g/mol. The van der Waals surface area contributed by atoms with Gasteiger partial charge in [-0.05, 0) is 25.0 Å². The summed E-state index contributed by atoms with van der Waals surface area (Å²) in [6, 6.07) is 11.6. The maximum Gasteiger partial charge on any atom is 0.299 e. The van der Waals surface area contributed by atoms with Gasteiger partial charge in [0.2, 0.25) is 0 Å². The SMILES string of the molecule is Cc1cc([N+](=O)[O-])c(N[C@H](C)c2ccccc2)c([N+](=O)[O-])c1. The third kappa shape index (κ3) is 3.20. The number of nitro benzene ring substituents is 2. The minimum atomic E-state index is -0.611. The Morgan fingerprint density at radius 1 is 1.00 bits per heavy atom. The third-order valence-electron chi connectivity index (χ3n) is 3.29. The topological polar surface area (TPSA) is 98.3 Å². The lowest BCUT2D eigenvalue weighted by Crippen LogP contribution is -2.10. The molecular formula is C15H15N3O4. The van der Waals surface area contributed by atoms with E-state index in [1.807, 2.05) is 30.3 Å². The van der Waals surface area contributed by atoms with Crippen LogP contribution in [-0.4, -0.2) is 9.85 Å². The molecule has 0 radical (unpaired) electrons. The summed E-state index contributed by atoms with van der Waals surface area (Å²) in [5, 5.41) is 25.3. The molecule has 2 aromatic carbocycles. The van der Waals surface area contributed by atoms with Crippen molar-refractivity contribution in [1.82, 2.24) is 0 Å². The lowest BCUT2D eigenvalue weighted by Gasteiger charge is -2.16. The summed E-state index contributed by atoms with van der Waals surface area (Å²) in [4.78, 5) is 21.2. The normalized spacial score (nSPS) is 11.7. The highest BCUT2D eigenvalue weighted by Crippen LogP contribution is 2.37. The maximum atomic E-state index is 11.2. The average molecular weight is 301 g/mol. The molecule has 1 N–H and O–H groups in total. The van der Waals surface area contributed by atoms with Crippen LogP contribution in [0.2, 0.25) is 0 Å². The molecule has 0 aliphatic rings. The van der Waals surface area contributed by atoms with Crippen LogP contribution < -0.4 is 5.32 Å². The third-order valence-corrected chi connectivity index (χ3v) is 3.29. The number of nitrogens with one attached hydrogen (secondary N) is 1. The van der Waals surface area contributed by atoms with Crippen LogP contribution in [-0.2, 0) is 0 Å². The van der Waals surface area contributed by atoms with Crippen molar-refractivity contribution in [2.45, 2.75) is 19.9 Å². The molecule has 0 aliphatic carbocycles. The molecule has 7 heteroatoms. The number of benzene rings is 2. The van der Waals surface area contributed by atoms with E-state index in [1.54, 1.807) is 13.8 Å². The summed E-state index contributed by atoms with van der Waals surface area (Å²) < 4.78 is 0. The van der Waals surface area contributed by atoms with Gasteiger partial charge in [0.25, 0.3) is 11.4 Å². The van der Waals surface area contributed by atoms with Gasteiger partial charge in [-0.2, -0.15) is 0 Å². The lowest BCUT2D eigenvalue weighted by molar-refractivity contribution is -0.392. The molecule has 0 aromatic heterocycles. The number of nitrogens with zero attached hydrogens (tertiary/aromatic N) is 2. The van der Waals surface area contributed by atoms with Crippen LogP contribution >= 0.6 is 0 Å². The molecule has 0 bridgehead atoms. The Hall–Kier alpha value is -2.96. The molecule has 114 valence electrons. The Kier molecular flexibility index (Phi) is 4.36. The Bertz CT molecular complexity index is 681. The second kappa shape index (κ2) is 6.21. The first-order valence-electron chi connectivity index (χ1n) is 6.65. The number of anilines is 1. The maximum absolute atomic E-state index is 11.2. The molecule has 0 aliphatic heterocycles. The van der Waals surface area contributed by atoms with Crippen LogP contribution in [0.3, 0.4) is 0 Å². The first-order chi connectivity index (χ1) is 10.4. The molecule has 0 saturated heterocycles. The van der Waals surface area contributed by atoms with Crippen molar-refractivity contribution < 1.29 is 9.85 Å². The van der Waals surface area contributed by atoms with E-state index >= 15 is 0 Å². The summed E-state index contributed by atoms with van der Waals surface area (Å²) >= 11 is 0. The number of hydrogen-bond acceptors (Lipinski definition) is 5. The highest BCUT2D eigenvalue weighted by molar-refractivity contribution is 5.75. The van der Waals surface area contributed by atoms with E-state index in [0.717, 1.165) is 5.56 Å². The van der Waals surface area contributed by atoms with Crippen molar-refractivity contribution in [1.29, 1.82) is 0 Å². The van der Waals surface area contributed by atoms with Crippen LogP contribution in [0.1, 0.15) is 24.1 Å². The first-order valence-corrected chi connectivity index (χ1v) is 6.65. The first kappa shape index (κ1) is 15.4. The fraction of sp³-hybridized carbons (Fsp3) is 0.200. The Labute approximate surface area is 126 Å². The zero-order chi connectivity index (χ0) is 16.3. The van der Waals surface area contributed by atoms with Crippen molar-refractivity contribution in [2.75, 3.05) is 5.32 Å². The summed E-state index contributed by atoms with van der Waals surface area (Å²) in [5.74, 6) is 0. The van der Waals surface area contributed by atoms with Crippen LogP contribution in [0.25, 0.3) is 0 Å². The Balaban J connectivity index is 2.49. The van der Waals surface area contributed by atoms with Gasteiger partial charge in [0.15, 0.2) is 5.69 Å². The number of rotatable bonds is 5. The van der Waals surface area contributed by atoms with Crippen molar-refractivity contribution in [3.8, 4) is 0 Å².